The lowest BCUT2D eigenvalue weighted by Crippen LogP contribution is -1.99. The summed E-state index contributed by atoms with van der Waals surface area (Å²) >= 11 is 0. The molecular formula is C45H24N6. The molecule has 3 aromatic heterocycles. The number of hydrogen-bond acceptors (Lipinski definition) is 3. The Balaban J connectivity index is 1.30. The first kappa shape index (κ1) is 28.4. The van der Waals surface area contributed by atoms with Gasteiger partial charge in [0.25, 0.3) is 0 Å². The summed E-state index contributed by atoms with van der Waals surface area (Å²) in [6.45, 7) is 0. The minimum absolute atomic E-state index is 0.569. The predicted octanol–water partition coefficient (Wildman–Crippen LogP) is 10.6. The van der Waals surface area contributed by atoms with Crippen molar-refractivity contribution in [2.45, 2.75) is 0 Å². The zero-order valence-electron chi connectivity index (χ0n) is 27.0. The quantitative estimate of drug-likeness (QED) is 0.191. The molecule has 7 aromatic carbocycles. The molecule has 234 valence electrons. The molecule has 6 heteroatoms. The maximum atomic E-state index is 10.0. The SMILES string of the molecule is N#Cc1ccc2c(c1)c1cc(C#N)ccc1n2-c1cccc(-n2c3ccc(C#N)cc3c3c4c5ccccc5n(-c5ccccc5)c4ccc32)c1. The summed E-state index contributed by atoms with van der Waals surface area (Å²) in [6, 6.07) is 56.1. The molecule has 0 saturated heterocycles. The average molecular weight is 649 g/mol. The summed E-state index contributed by atoms with van der Waals surface area (Å²) in [4.78, 5) is 0. The number of para-hydroxylation sites is 2. The average Bonchev–Trinajstić information content (AvgIpc) is 3.82. The van der Waals surface area contributed by atoms with E-state index in [-0.39, 0.29) is 0 Å². The fraction of sp³-hybridized carbons (Fsp3) is 0. The van der Waals surface area contributed by atoms with Crippen molar-refractivity contribution in [1.29, 1.82) is 15.8 Å². The molecule has 6 nitrogen and oxygen atoms in total. The molecule has 0 spiro atoms. The summed E-state index contributed by atoms with van der Waals surface area (Å²) in [5, 5.41) is 35.6. The Hall–Kier alpha value is -7.59. The van der Waals surface area contributed by atoms with Crippen LogP contribution in [0.4, 0.5) is 0 Å². The van der Waals surface area contributed by atoms with Crippen LogP contribution >= 0.6 is 0 Å². The standard InChI is InChI=1S/C45H24N6/c46-25-28-13-16-39-35(21-28)36-22-29(26-47)14-17-40(36)50(39)32-9-6-10-33(24-32)51-41-18-15-30(27-48)23-37(41)45-43(51)20-19-42-44(45)34-11-4-5-12-38(34)49(42)31-7-2-1-3-8-31/h1-24H. The van der Waals surface area contributed by atoms with Gasteiger partial charge in [0.15, 0.2) is 0 Å². The first-order chi connectivity index (χ1) is 25.2. The van der Waals surface area contributed by atoms with Gasteiger partial charge in [0, 0.05) is 49.4 Å². The van der Waals surface area contributed by atoms with Crippen LogP contribution in [0, 0.1) is 34.0 Å². The minimum atomic E-state index is 0.569. The van der Waals surface area contributed by atoms with Gasteiger partial charge in [-0.15, -0.1) is 0 Å². The van der Waals surface area contributed by atoms with Gasteiger partial charge in [0.2, 0.25) is 0 Å². The van der Waals surface area contributed by atoms with Crippen molar-refractivity contribution in [2.24, 2.45) is 0 Å². The van der Waals surface area contributed by atoms with E-state index in [9.17, 15) is 15.8 Å². The number of rotatable bonds is 3. The van der Waals surface area contributed by atoms with Crippen LogP contribution in [0.15, 0.2) is 146 Å². The van der Waals surface area contributed by atoms with Gasteiger partial charge in [-0.3, -0.25) is 0 Å². The normalized spacial score (nSPS) is 11.5. The van der Waals surface area contributed by atoms with Crippen LogP contribution in [0.1, 0.15) is 16.7 Å². The maximum absolute atomic E-state index is 10.0. The van der Waals surface area contributed by atoms with Gasteiger partial charge in [0.1, 0.15) is 0 Å². The third-order valence-corrected chi connectivity index (χ3v) is 10.1. The Bertz CT molecular complexity index is 3150. The topological polar surface area (TPSA) is 86.2 Å². The summed E-state index contributed by atoms with van der Waals surface area (Å²) in [5.41, 5.74) is 10.9. The fourth-order valence-corrected chi connectivity index (χ4v) is 7.98. The fourth-order valence-electron chi connectivity index (χ4n) is 7.98. The van der Waals surface area contributed by atoms with Gasteiger partial charge >= 0.3 is 0 Å². The van der Waals surface area contributed by atoms with Crippen molar-refractivity contribution in [3.05, 3.63) is 162 Å². The molecule has 3 heterocycles. The van der Waals surface area contributed by atoms with Crippen molar-refractivity contribution >= 4 is 65.4 Å². The van der Waals surface area contributed by atoms with Gasteiger partial charge in [-0.05, 0) is 103 Å². The highest BCUT2D eigenvalue weighted by Gasteiger charge is 2.21. The Morgan fingerprint density at radius 3 is 1.31 bits per heavy atom. The molecule has 0 aliphatic rings. The zero-order chi connectivity index (χ0) is 34.2. The van der Waals surface area contributed by atoms with Gasteiger partial charge < -0.3 is 13.7 Å². The Labute approximate surface area is 291 Å². The number of nitriles is 3. The van der Waals surface area contributed by atoms with E-state index in [1.54, 1.807) is 0 Å². The minimum Gasteiger partial charge on any atom is -0.309 e. The number of fused-ring (bicyclic) bond motifs is 10. The lowest BCUT2D eigenvalue weighted by Gasteiger charge is -2.13. The van der Waals surface area contributed by atoms with Gasteiger partial charge in [0.05, 0.1) is 68.0 Å². The second-order valence-corrected chi connectivity index (χ2v) is 12.8. The van der Waals surface area contributed by atoms with Crippen LogP contribution in [0.2, 0.25) is 0 Å². The molecule has 0 amide bonds. The molecule has 51 heavy (non-hydrogen) atoms. The molecule has 0 radical (unpaired) electrons. The largest absolute Gasteiger partial charge is 0.309 e. The van der Waals surface area contributed by atoms with E-state index >= 15 is 0 Å². The first-order valence-corrected chi connectivity index (χ1v) is 16.6. The summed E-state index contributed by atoms with van der Waals surface area (Å²) in [6.07, 6.45) is 0. The summed E-state index contributed by atoms with van der Waals surface area (Å²) in [7, 11) is 0. The molecule has 0 fully saturated rings. The van der Waals surface area contributed by atoms with Crippen molar-refractivity contribution in [2.75, 3.05) is 0 Å². The number of aromatic nitrogens is 3. The van der Waals surface area contributed by atoms with E-state index < -0.39 is 0 Å². The van der Waals surface area contributed by atoms with E-state index in [2.05, 4.69) is 123 Å². The molecular weight excluding hydrogens is 625 g/mol. The van der Waals surface area contributed by atoms with Crippen LogP contribution in [0.3, 0.4) is 0 Å². The molecule has 0 atom stereocenters. The molecule has 10 rings (SSSR count). The van der Waals surface area contributed by atoms with Crippen LogP contribution in [-0.2, 0) is 0 Å². The van der Waals surface area contributed by atoms with Crippen molar-refractivity contribution in [3.63, 3.8) is 0 Å². The van der Waals surface area contributed by atoms with Crippen LogP contribution in [-0.4, -0.2) is 13.7 Å². The lowest BCUT2D eigenvalue weighted by molar-refractivity contribution is 1.13. The molecule has 10 aromatic rings. The highest BCUT2D eigenvalue weighted by molar-refractivity contribution is 6.29. The van der Waals surface area contributed by atoms with E-state index in [0.29, 0.717) is 16.7 Å². The second-order valence-electron chi connectivity index (χ2n) is 12.8. The molecule has 0 unspecified atom stereocenters. The smallest absolute Gasteiger partial charge is 0.0991 e. The van der Waals surface area contributed by atoms with Crippen LogP contribution < -0.4 is 0 Å². The van der Waals surface area contributed by atoms with Crippen molar-refractivity contribution in [1.82, 2.24) is 13.7 Å². The lowest BCUT2D eigenvalue weighted by atomic mass is 10.0. The van der Waals surface area contributed by atoms with E-state index in [1.165, 1.54) is 0 Å². The summed E-state index contributed by atoms with van der Waals surface area (Å²) < 4.78 is 6.81. The molecule has 0 aliphatic heterocycles. The number of hydrogen-bond donors (Lipinski definition) is 0. The van der Waals surface area contributed by atoms with Crippen molar-refractivity contribution < 1.29 is 0 Å². The third-order valence-electron chi connectivity index (χ3n) is 10.1. The van der Waals surface area contributed by atoms with E-state index in [0.717, 1.165) is 82.5 Å². The van der Waals surface area contributed by atoms with Gasteiger partial charge in [-0.1, -0.05) is 42.5 Å². The molecule has 0 N–H and O–H groups in total. The highest BCUT2D eigenvalue weighted by Crippen LogP contribution is 2.43. The van der Waals surface area contributed by atoms with Gasteiger partial charge in [-0.2, -0.15) is 15.8 Å². The van der Waals surface area contributed by atoms with Gasteiger partial charge in [-0.25, -0.2) is 0 Å². The third kappa shape index (κ3) is 4.01. The second kappa shape index (κ2) is 10.7. The zero-order valence-corrected chi connectivity index (χ0v) is 27.0. The van der Waals surface area contributed by atoms with Crippen molar-refractivity contribution in [3.8, 4) is 35.3 Å². The summed E-state index contributed by atoms with van der Waals surface area (Å²) in [5.74, 6) is 0. The molecule has 0 saturated carbocycles. The highest BCUT2D eigenvalue weighted by atomic mass is 15.0. The van der Waals surface area contributed by atoms with Crippen LogP contribution in [0.5, 0.6) is 0 Å². The Kier molecular flexibility index (Phi) is 5.97. The maximum Gasteiger partial charge on any atom is 0.0991 e. The molecule has 0 aliphatic carbocycles. The molecule has 0 bridgehead atoms. The number of nitrogens with zero attached hydrogens (tertiary/aromatic N) is 6. The first-order valence-electron chi connectivity index (χ1n) is 16.6. The van der Waals surface area contributed by atoms with E-state index in [4.69, 9.17) is 0 Å². The monoisotopic (exact) mass is 648 g/mol. The number of benzene rings is 7. The Morgan fingerprint density at radius 1 is 0.314 bits per heavy atom. The van der Waals surface area contributed by atoms with E-state index in [1.807, 2.05) is 54.6 Å². The van der Waals surface area contributed by atoms with Crippen LogP contribution in [0.25, 0.3) is 82.5 Å². The predicted molar refractivity (Wildman–Crippen MR) is 204 cm³/mol. The Morgan fingerprint density at radius 2 is 0.725 bits per heavy atom.